The van der Waals surface area contributed by atoms with Crippen LogP contribution < -0.4 is 5.43 Å². The van der Waals surface area contributed by atoms with E-state index in [4.69, 9.17) is 10.2 Å². The minimum absolute atomic E-state index is 0.139. The zero-order chi connectivity index (χ0) is 9.14. The molecule has 0 aliphatic rings. The van der Waals surface area contributed by atoms with Crippen molar-refractivity contribution in [2.75, 3.05) is 0 Å². The Labute approximate surface area is 67.7 Å². The predicted octanol–water partition coefficient (Wildman–Crippen LogP) is 0.451. The molecule has 0 fully saturated rings. The van der Waals surface area contributed by atoms with E-state index >= 15 is 0 Å². The molecule has 0 spiro atoms. The zero-order valence-electron chi connectivity index (χ0n) is 6.02. The summed E-state index contributed by atoms with van der Waals surface area (Å²) >= 11 is 0. The molecule has 1 rings (SSSR count). The maximum Gasteiger partial charge on any atom is 0.335 e. The molecule has 2 N–H and O–H groups in total. The molecule has 1 aromatic carbocycles. The van der Waals surface area contributed by atoms with Gasteiger partial charge in [-0.05, 0) is 12.1 Å². The average molecular weight is 166 g/mol. The molecule has 12 heavy (non-hydrogen) atoms. The standard InChI is InChI=1S/C8H6O4/c9-6-3-1-2-5(8(11)12)4-7(6)10/h1-4H,(H,9,10)(H,11,12). The van der Waals surface area contributed by atoms with Crippen molar-refractivity contribution in [2.24, 2.45) is 0 Å². The van der Waals surface area contributed by atoms with E-state index in [-0.39, 0.29) is 5.56 Å². The van der Waals surface area contributed by atoms with Crippen LogP contribution in [0.3, 0.4) is 0 Å². The Balaban J connectivity index is 3.41. The van der Waals surface area contributed by atoms with Gasteiger partial charge in [-0.25, -0.2) is 4.79 Å². The molecule has 0 radical (unpaired) electrons. The molecule has 0 bridgehead atoms. The first-order chi connectivity index (χ1) is 5.61. The molecule has 0 unspecified atom stereocenters. The molecule has 62 valence electrons. The van der Waals surface area contributed by atoms with Crippen LogP contribution >= 0.6 is 0 Å². The number of carboxylic acids is 1. The minimum Gasteiger partial charge on any atom is -0.504 e. The van der Waals surface area contributed by atoms with E-state index in [1.807, 2.05) is 0 Å². The van der Waals surface area contributed by atoms with Crippen LogP contribution in [0.4, 0.5) is 0 Å². The third-order valence-corrected chi connectivity index (χ3v) is 1.32. The van der Waals surface area contributed by atoms with Crippen molar-refractivity contribution < 1.29 is 15.0 Å². The summed E-state index contributed by atoms with van der Waals surface area (Å²) in [5.41, 5.74) is -0.835. The van der Waals surface area contributed by atoms with Gasteiger partial charge in [-0.15, -0.1) is 0 Å². The maximum absolute atomic E-state index is 10.8. The van der Waals surface area contributed by atoms with Gasteiger partial charge >= 0.3 is 5.97 Å². The largest absolute Gasteiger partial charge is 0.504 e. The third kappa shape index (κ3) is 1.60. The van der Waals surface area contributed by atoms with Crippen LogP contribution in [0.2, 0.25) is 0 Å². The lowest BCUT2D eigenvalue weighted by molar-refractivity contribution is 0.0697. The number of carbonyl (C=O) groups is 1. The van der Waals surface area contributed by atoms with Crippen molar-refractivity contribution in [3.05, 3.63) is 40.1 Å². The average Bonchev–Trinajstić information content (AvgIpc) is 2.15. The SMILES string of the molecule is O=C(O)c1cccc(O)c(=O)c1. The highest BCUT2D eigenvalue weighted by atomic mass is 16.4. The maximum atomic E-state index is 10.8. The Morgan fingerprint density at radius 2 is 2.00 bits per heavy atom. The Bertz CT molecular complexity index is 370. The number of aromatic carboxylic acids is 1. The molecule has 4 nitrogen and oxygen atoms in total. The zero-order valence-corrected chi connectivity index (χ0v) is 6.02. The van der Waals surface area contributed by atoms with Gasteiger partial charge in [0.05, 0.1) is 5.56 Å². The Kier molecular flexibility index (Phi) is 2.09. The van der Waals surface area contributed by atoms with Gasteiger partial charge in [-0.3, -0.25) is 4.79 Å². The van der Waals surface area contributed by atoms with Gasteiger partial charge in [0.1, 0.15) is 0 Å². The molecule has 0 saturated heterocycles. The number of rotatable bonds is 1. The highest BCUT2D eigenvalue weighted by Crippen LogP contribution is 2.00. The molecular formula is C8H6O4. The first kappa shape index (κ1) is 8.26. The van der Waals surface area contributed by atoms with Crippen LogP contribution in [-0.2, 0) is 0 Å². The molecule has 0 atom stereocenters. The first-order valence-electron chi connectivity index (χ1n) is 3.18. The summed E-state index contributed by atoms with van der Waals surface area (Å²) in [6.07, 6.45) is 0. The second-order valence-electron chi connectivity index (χ2n) is 2.18. The fraction of sp³-hybridized carbons (Fsp3) is 0. The smallest absolute Gasteiger partial charge is 0.335 e. The molecule has 0 saturated carbocycles. The molecule has 0 heterocycles. The van der Waals surface area contributed by atoms with Crippen molar-refractivity contribution in [2.45, 2.75) is 0 Å². The normalized spacial score (nSPS) is 9.33. The lowest BCUT2D eigenvalue weighted by Gasteiger charge is -1.83. The number of aromatic hydroxyl groups is 1. The van der Waals surface area contributed by atoms with Crippen molar-refractivity contribution in [3.8, 4) is 5.75 Å². The van der Waals surface area contributed by atoms with E-state index in [1.165, 1.54) is 12.1 Å². The number of carboxylic acid groups (broad SMARTS) is 1. The van der Waals surface area contributed by atoms with E-state index < -0.39 is 17.1 Å². The van der Waals surface area contributed by atoms with Crippen molar-refractivity contribution in [1.29, 1.82) is 0 Å². The predicted molar refractivity (Wildman–Crippen MR) is 41.3 cm³/mol. The van der Waals surface area contributed by atoms with Crippen LogP contribution in [0.5, 0.6) is 5.75 Å². The second kappa shape index (κ2) is 3.04. The van der Waals surface area contributed by atoms with Gasteiger partial charge in [0.15, 0.2) is 5.75 Å². The lowest BCUT2D eigenvalue weighted by Crippen LogP contribution is -2.00. The van der Waals surface area contributed by atoms with Gasteiger partial charge in [0.25, 0.3) is 0 Å². The van der Waals surface area contributed by atoms with Gasteiger partial charge in [0.2, 0.25) is 5.43 Å². The van der Waals surface area contributed by atoms with E-state index in [9.17, 15) is 9.59 Å². The van der Waals surface area contributed by atoms with Crippen molar-refractivity contribution >= 4 is 5.97 Å². The first-order valence-corrected chi connectivity index (χ1v) is 3.18. The molecule has 0 aliphatic heterocycles. The van der Waals surface area contributed by atoms with Gasteiger partial charge < -0.3 is 10.2 Å². The van der Waals surface area contributed by atoms with Crippen molar-refractivity contribution in [1.82, 2.24) is 0 Å². The second-order valence-corrected chi connectivity index (χ2v) is 2.18. The van der Waals surface area contributed by atoms with Crippen LogP contribution in [0.1, 0.15) is 10.4 Å². The van der Waals surface area contributed by atoms with Crippen LogP contribution in [0.15, 0.2) is 29.1 Å². The quantitative estimate of drug-likeness (QED) is 0.635. The molecule has 4 heteroatoms. The summed E-state index contributed by atoms with van der Waals surface area (Å²) in [7, 11) is 0. The molecular weight excluding hydrogens is 160 g/mol. The summed E-state index contributed by atoms with van der Waals surface area (Å²) < 4.78 is 0. The van der Waals surface area contributed by atoms with Crippen LogP contribution in [0, 0.1) is 0 Å². The summed E-state index contributed by atoms with van der Waals surface area (Å²) in [4.78, 5) is 21.2. The Hall–Kier alpha value is -1.84. The summed E-state index contributed by atoms with van der Waals surface area (Å²) in [5, 5.41) is 17.4. The fourth-order valence-corrected chi connectivity index (χ4v) is 0.721. The Morgan fingerprint density at radius 3 is 2.58 bits per heavy atom. The third-order valence-electron chi connectivity index (χ3n) is 1.32. The van der Waals surface area contributed by atoms with Crippen LogP contribution in [0.25, 0.3) is 0 Å². The van der Waals surface area contributed by atoms with Crippen LogP contribution in [-0.4, -0.2) is 16.2 Å². The van der Waals surface area contributed by atoms with E-state index in [2.05, 4.69) is 0 Å². The highest BCUT2D eigenvalue weighted by Gasteiger charge is 2.02. The minimum atomic E-state index is -1.19. The monoisotopic (exact) mass is 166 g/mol. The summed E-state index contributed by atoms with van der Waals surface area (Å²) in [6.45, 7) is 0. The Morgan fingerprint density at radius 1 is 1.33 bits per heavy atom. The van der Waals surface area contributed by atoms with E-state index in [1.54, 1.807) is 0 Å². The molecule has 1 aromatic rings. The summed E-state index contributed by atoms with van der Waals surface area (Å²) in [5.74, 6) is -1.65. The number of hydrogen-bond donors (Lipinski definition) is 2. The van der Waals surface area contributed by atoms with Crippen molar-refractivity contribution in [3.63, 3.8) is 0 Å². The van der Waals surface area contributed by atoms with Gasteiger partial charge in [-0.2, -0.15) is 0 Å². The van der Waals surface area contributed by atoms with E-state index in [0.717, 1.165) is 12.1 Å². The van der Waals surface area contributed by atoms with Gasteiger partial charge in [-0.1, -0.05) is 6.07 Å². The highest BCUT2D eigenvalue weighted by molar-refractivity contribution is 5.87. The summed E-state index contributed by atoms with van der Waals surface area (Å²) in [6, 6.07) is 4.57. The molecule has 0 amide bonds. The molecule has 0 aliphatic carbocycles. The fourth-order valence-electron chi connectivity index (χ4n) is 0.721. The topological polar surface area (TPSA) is 74.6 Å². The number of hydrogen-bond acceptors (Lipinski definition) is 3. The molecule has 0 aromatic heterocycles. The lowest BCUT2D eigenvalue weighted by atomic mass is 10.3. The van der Waals surface area contributed by atoms with E-state index in [0.29, 0.717) is 0 Å². The van der Waals surface area contributed by atoms with Gasteiger partial charge in [0, 0.05) is 6.07 Å².